The highest BCUT2D eigenvalue weighted by atomic mass is 28.3. The van der Waals surface area contributed by atoms with E-state index >= 15 is 0 Å². The average Bonchev–Trinajstić information content (AvgIpc) is 2.10. The normalized spacial score (nSPS) is 16.1. The van der Waals surface area contributed by atoms with Gasteiger partial charge in [-0.3, -0.25) is 4.90 Å². The molecule has 104 valence electrons. The van der Waals surface area contributed by atoms with E-state index in [1.807, 2.05) is 0 Å². The van der Waals surface area contributed by atoms with Gasteiger partial charge >= 0.3 is 0 Å². The van der Waals surface area contributed by atoms with Gasteiger partial charge in [-0.15, -0.1) is 0 Å². The molecule has 0 amide bonds. The van der Waals surface area contributed by atoms with E-state index < -0.39 is 8.07 Å². The van der Waals surface area contributed by atoms with Gasteiger partial charge in [-0.1, -0.05) is 46.3 Å². The molecular formula is C15H35NSi. The van der Waals surface area contributed by atoms with E-state index in [9.17, 15) is 0 Å². The molecule has 1 nitrogen and oxygen atoms in total. The van der Waals surface area contributed by atoms with Crippen molar-refractivity contribution >= 4 is 8.07 Å². The first-order valence-electron chi connectivity index (χ1n) is 7.16. The minimum Gasteiger partial charge on any atom is -0.298 e. The van der Waals surface area contributed by atoms with Crippen LogP contribution >= 0.6 is 0 Å². The highest BCUT2D eigenvalue weighted by Crippen LogP contribution is 2.28. The highest BCUT2D eigenvalue weighted by molar-refractivity contribution is 6.78. The summed E-state index contributed by atoms with van der Waals surface area (Å²) in [5.74, 6) is 0.728. The topological polar surface area (TPSA) is 3.24 Å². The maximum absolute atomic E-state index is 2.74. The smallest absolute Gasteiger partial charge is 0.0655 e. The molecule has 0 aliphatic heterocycles. The van der Waals surface area contributed by atoms with E-state index in [-0.39, 0.29) is 5.54 Å². The molecule has 0 bridgehead atoms. The molecule has 0 heterocycles. The predicted molar refractivity (Wildman–Crippen MR) is 83.3 cm³/mol. The summed E-state index contributed by atoms with van der Waals surface area (Å²) in [7, 11) is -1.14. The van der Waals surface area contributed by atoms with Crippen LogP contribution in [0.2, 0.25) is 18.6 Å². The summed E-state index contributed by atoms with van der Waals surface area (Å²) in [5.41, 5.74) is 1.13. The van der Waals surface area contributed by atoms with Gasteiger partial charge in [-0.2, -0.15) is 0 Å². The van der Waals surface area contributed by atoms with Gasteiger partial charge in [0.1, 0.15) is 0 Å². The van der Waals surface area contributed by atoms with Gasteiger partial charge in [-0.25, -0.2) is 0 Å². The molecule has 0 spiro atoms. The van der Waals surface area contributed by atoms with Crippen LogP contribution in [0.3, 0.4) is 0 Å². The lowest BCUT2D eigenvalue weighted by Gasteiger charge is -2.46. The second-order valence-corrected chi connectivity index (χ2v) is 13.4. The van der Waals surface area contributed by atoms with Crippen molar-refractivity contribution in [3.63, 3.8) is 0 Å². The standard InChI is InChI=1S/C15H35NSi/c1-12(2)14(5)16(15(6,7)8)11-17(9,10)13(3)4/h12-14H,11H2,1-10H3. The molecule has 1 unspecified atom stereocenters. The Morgan fingerprint density at radius 1 is 0.941 bits per heavy atom. The van der Waals surface area contributed by atoms with Crippen molar-refractivity contribution in [3.05, 3.63) is 0 Å². The second kappa shape index (κ2) is 5.88. The van der Waals surface area contributed by atoms with E-state index in [0.29, 0.717) is 6.04 Å². The van der Waals surface area contributed by atoms with Crippen molar-refractivity contribution in [1.29, 1.82) is 0 Å². The molecular weight excluding hydrogens is 222 g/mol. The Morgan fingerprint density at radius 3 is 1.59 bits per heavy atom. The molecule has 0 aromatic heterocycles. The summed E-state index contributed by atoms with van der Waals surface area (Å²) in [6.45, 7) is 24.0. The third-order valence-corrected chi connectivity index (χ3v) is 8.74. The zero-order chi connectivity index (χ0) is 14.0. The maximum atomic E-state index is 2.74. The van der Waals surface area contributed by atoms with Crippen LogP contribution in [0.15, 0.2) is 0 Å². The van der Waals surface area contributed by atoms with Gasteiger partial charge in [-0.05, 0) is 39.8 Å². The number of nitrogens with zero attached hydrogens (tertiary/aromatic N) is 1. The van der Waals surface area contributed by atoms with Crippen LogP contribution in [0.5, 0.6) is 0 Å². The first kappa shape index (κ1) is 17.2. The van der Waals surface area contributed by atoms with E-state index in [1.165, 1.54) is 6.17 Å². The summed E-state index contributed by atoms with van der Waals surface area (Å²) in [6, 6.07) is 0.667. The van der Waals surface area contributed by atoms with Gasteiger partial charge < -0.3 is 0 Å². The monoisotopic (exact) mass is 257 g/mol. The minimum absolute atomic E-state index is 0.281. The van der Waals surface area contributed by atoms with Gasteiger partial charge in [0.15, 0.2) is 0 Å². The Hall–Kier alpha value is 0.177. The molecule has 0 saturated carbocycles. The third-order valence-electron chi connectivity index (χ3n) is 4.46. The van der Waals surface area contributed by atoms with Crippen molar-refractivity contribution < 1.29 is 0 Å². The number of hydrogen-bond donors (Lipinski definition) is 0. The summed E-state index contributed by atoms with van der Waals surface area (Å²) in [4.78, 5) is 2.74. The Bertz CT molecular complexity index is 226. The Morgan fingerprint density at radius 2 is 1.35 bits per heavy atom. The molecule has 0 aromatic rings. The molecule has 0 radical (unpaired) electrons. The SMILES string of the molecule is CC(C)C(C)N(C[Si](C)(C)C(C)C)C(C)(C)C. The van der Waals surface area contributed by atoms with Crippen molar-refractivity contribution in [2.24, 2.45) is 5.92 Å². The van der Waals surface area contributed by atoms with Gasteiger partial charge in [0.25, 0.3) is 0 Å². The fraction of sp³-hybridized carbons (Fsp3) is 1.00. The summed E-state index contributed by atoms with van der Waals surface area (Å²) >= 11 is 0. The molecule has 0 rings (SSSR count). The molecule has 0 fully saturated rings. The van der Waals surface area contributed by atoms with E-state index in [1.54, 1.807) is 0 Å². The molecule has 1 atom stereocenters. The predicted octanol–water partition coefficient (Wildman–Crippen LogP) is 4.79. The maximum Gasteiger partial charge on any atom is 0.0655 e. The fourth-order valence-electron chi connectivity index (χ4n) is 1.97. The van der Waals surface area contributed by atoms with Crippen molar-refractivity contribution in [2.45, 2.75) is 85.6 Å². The summed E-state index contributed by atoms with van der Waals surface area (Å²) in [6.07, 6.45) is 1.31. The van der Waals surface area contributed by atoms with Crippen molar-refractivity contribution in [3.8, 4) is 0 Å². The molecule has 0 aromatic carbocycles. The molecule has 0 aliphatic carbocycles. The number of rotatable bonds is 5. The largest absolute Gasteiger partial charge is 0.298 e. The average molecular weight is 258 g/mol. The van der Waals surface area contributed by atoms with Gasteiger partial charge in [0, 0.05) is 11.6 Å². The van der Waals surface area contributed by atoms with Crippen molar-refractivity contribution in [2.75, 3.05) is 6.17 Å². The highest BCUT2D eigenvalue weighted by Gasteiger charge is 2.35. The van der Waals surface area contributed by atoms with Crippen LogP contribution in [0, 0.1) is 5.92 Å². The van der Waals surface area contributed by atoms with Crippen molar-refractivity contribution in [1.82, 2.24) is 4.90 Å². The number of hydrogen-bond acceptors (Lipinski definition) is 1. The van der Waals surface area contributed by atoms with Crippen LogP contribution in [-0.2, 0) is 0 Å². The Balaban J connectivity index is 4.98. The fourth-order valence-corrected chi connectivity index (χ4v) is 3.98. The first-order valence-corrected chi connectivity index (χ1v) is 10.4. The Labute approximate surface area is 111 Å². The van der Waals surface area contributed by atoms with Crippen LogP contribution in [0.25, 0.3) is 0 Å². The van der Waals surface area contributed by atoms with Crippen LogP contribution in [-0.4, -0.2) is 30.7 Å². The summed E-state index contributed by atoms with van der Waals surface area (Å²) < 4.78 is 0. The minimum atomic E-state index is -1.14. The quantitative estimate of drug-likeness (QED) is 0.640. The van der Waals surface area contributed by atoms with E-state index in [0.717, 1.165) is 11.5 Å². The van der Waals surface area contributed by atoms with Gasteiger partial charge in [0.2, 0.25) is 0 Å². The van der Waals surface area contributed by atoms with Gasteiger partial charge in [0.05, 0.1) is 8.07 Å². The molecule has 2 heteroatoms. The van der Waals surface area contributed by atoms with Crippen LogP contribution in [0.4, 0.5) is 0 Å². The Kier molecular flexibility index (Phi) is 5.94. The first-order chi connectivity index (χ1) is 7.39. The van der Waals surface area contributed by atoms with E-state index in [4.69, 9.17) is 0 Å². The third kappa shape index (κ3) is 5.13. The molecule has 0 saturated heterocycles. The zero-order valence-corrected chi connectivity index (χ0v) is 14.9. The lowest BCUT2D eigenvalue weighted by atomic mass is 9.98. The molecule has 17 heavy (non-hydrogen) atoms. The molecule has 0 aliphatic rings. The van der Waals surface area contributed by atoms with Crippen LogP contribution in [0.1, 0.15) is 55.4 Å². The lowest BCUT2D eigenvalue weighted by molar-refractivity contribution is 0.0853. The molecule has 0 N–H and O–H groups in total. The summed E-state index contributed by atoms with van der Waals surface area (Å²) in [5, 5.41) is 0. The second-order valence-electron chi connectivity index (χ2n) is 7.93. The zero-order valence-electron chi connectivity index (χ0n) is 13.9. The lowest BCUT2D eigenvalue weighted by Crippen LogP contribution is -2.56. The van der Waals surface area contributed by atoms with Crippen LogP contribution < -0.4 is 0 Å². The van der Waals surface area contributed by atoms with E-state index in [2.05, 4.69) is 73.4 Å².